The van der Waals surface area contributed by atoms with Crippen LogP contribution in [0.2, 0.25) is 0 Å². The van der Waals surface area contributed by atoms with Crippen molar-refractivity contribution in [1.82, 2.24) is 9.62 Å². The third-order valence-electron chi connectivity index (χ3n) is 4.93. The molecule has 7 heteroatoms. The number of benzene rings is 1. The van der Waals surface area contributed by atoms with Crippen molar-refractivity contribution >= 4 is 15.9 Å². The van der Waals surface area contributed by atoms with Crippen molar-refractivity contribution in [3.05, 3.63) is 23.8 Å². The molecule has 0 spiro atoms. The van der Waals surface area contributed by atoms with Gasteiger partial charge in [0.05, 0.1) is 11.5 Å². The van der Waals surface area contributed by atoms with E-state index in [0.717, 1.165) is 12.0 Å². The first-order valence-electron chi connectivity index (χ1n) is 9.77. The Morgan fingerprint density at radius 1 is 1.30 bits per heavy atom. The number of sulfonamides is 1. The summed E-state index contributed by atoms with van der Waals surface area (Å²) < 4.78 is 32.8. The summed E-state index contributed by atoms with van der Waals surface area (Å²) in [7, 11) is -3.55. The monoisotopic (exact) mass is 396 g/mol. The van der Waals surface area contributed by atoms with Crippen LogP contribution in [-0.4, -0.2) is 44.9 Å². The molecule has 0 atom stereocenters. The Balaban J connectivity index is 1.96. The van der Waals surface area contributed by atoms with Crippen molar-refractivity contribution in [2.75, 3.05) is 26.2 Å². The van der Waals surface area contributed by atoms with E-state index in [1.54, 1.807) is 18.2 Å². The number of hydrogen-bond donors (Lipinski definition) is 1. The molecule has 1 heterocycles. The summed E-state index contributed by atoms with van der Waals surface area (Å²) >= 11 is 0. The first-order chi connectivity index (χ1) is 12.8. The second-order valence-corrected chi connectivity index (χ2v) is 9.45. The number of aryl methyl sites for hydroxylation is 1. The van der Waals surface area contributed by atoms with Crippen molar-refractivity contribution in [1.29, 1.82) is 0 Å². The van der Waals surface area contributed by atoms with Gasteiger partial charge in [0.2, 0.25) is 15.9 Å². The molecule has 1 saturated heterocycles. The molecular formula is C20H32N2O4S. The highest BCUT2D eigenvalue weighted by Gasteiger charge is 2.32. The first kappa shape index (κ1) is 21.7. The fourth-order valence-corrected chi connectivity index (χ4v) is 4.79. The fraction of sp³-hybridized carbons (Fsp3) is 0.650. The van der Waals surface area contributed by atoms with Crippen LogP contribution in [0.4, 0.5) is 0 Å². The predicted octanol–water partition coefficient (Wildman–Crippen LogP) is 2.96. The van der Waals surface area contributed by atoms with E-state index >= 15 is 0 Å². The van der Waals surface area contributed by atoms with Crippen molar-refractivity contribution in [3.63, 3.8) is 0 Å². The lowest BCUT2D eigenvalue weighted by Gasteiger charge is -2.30. The predicted molar refractivity (Wildman–Crippen MR) is 106 cm³/mol. The molecule has 6 nitrogen and oxygen atoms in total. The zero-order valence-electron chi connectivity index (χ0n) is 16.8. The summed E-state index contributed by atoms with van der Waals surface area (Å²) in [5, 5.41) is 2.97. The van der Waals surface area contributed by atoms with E-state index in [9.17, 15) is 13.2 Å². The smallest absolute Gasteiger partial charge is 0.243 e. The van der Waals surface area contributed by atoms with Crippen LogP contribution >= 0.6 is 0 Å². The second kappa shape index (κ2) is 9.55. The standard InChI is InChI=1S/C20H32N2O4S/c1-5-26-19-7-6-18(14-16(19)4)27(24,25)22-12-9-17(10-13-22)20(23)21-11-8-15(2)3/h6-7,14-15,17H,5,8-13H2,1-4H3,(H,21,23). The molecule has 152 valence electrons. The SMILES string of the molecule is CCOc1ccc(S(=O)(=O)N2CCC(C(=O)NCCC(C)C)CC2)cc1C. The van der Waals surface area contributed by atoms with Gasteiger partial charge in [0.1, 0.15) is 5.75 Å². The van der Waals surface area contributed by atoms with Gasteiger partial charge in [0.25, 0.3) is 0 Å². The largest absolute Gasteiger partial charge is 0.494 e. The lowest BCUT2D eigenvalue weighted by molar-refractivity contribution is -0.126. The van der Waals surface area contributed by atoms with E-state index in [2.05, 4.69) is 19.2 Å². The Kier molecular flexibility index (Phi) is 7.68. The van der Waals surface area contributed by atoms with Gasteiger partial charge in [-0.2, -0.15) is 4.31 Å². The molecular weight excluding hydrogens is 364 g/mol. The fourth-order valence-electron chi connectivity index (χ4n) is 3.24. The van der Waals surface area contributed by atoms with Gasteiger partial charge in [0.15, 0.2) is 0 Å². The minimum absolute atomic E-state index is 0.0459. The number of nitrogens with one attached hydrogen (secondary N) is 1. The molecule has 2 rings (SSSR count). The lowest BCUT2D eigenvalue weighted by Crippen LogP contribution is -2.43. The van der Waals surface area contributed by atoms with Gasteiger partial charge in [-0.15, -0.1) is 0 Å². The molecule has 0 bridgehead atoms. The number of ether oxygens (including phenoxy) is 1. The Morgan fingerprint density at radius 3 is 2.52 bits per heavy atom. The summed E-state index contributed by atoms with van der Waals surface area (Å²) in [5.74, 6) is 1.19. The highest BCUT2D eigenvalue weighted by atomic mass is 32.2. The molecule has 1 aromatic rings. The van der Waals surface area contributed by atoms with Crippen LogP contribution in [0.3, 0.4) is 0 Å². The van der Waals surface area contributed by atoms with Crippen LogP contribution in [0.5, 0.6) is 5.75 Å². The number of piperidine rings is 1. The van der Waals surface area contributed by atoms with E-state index < -0.39 is 10.0 Å². The van der Waals surface area contributed by atoms with Crippen molar-refractivity contribution in [2.45, 2.75) is 51.9 Å². The summed E-state index contributed by atoms with van der Waals surface area (Å²) in [6.45, 7) is 9.95. The van der Waals surface area contributed by atoms with Crippen molar-refractivity contribution in [3.8, 4) is 5.75 Å². The molecule has 1 amide bonds. The zero-order chi connectivity index (χ0) is 20.0. The molecule has 0 radical (unpaired) electrons. The molecule has 1 aliphatic rings. The maximum Gasteiger partial charge on any atom is 0.243 e. The normalized spacial score (nSPS) is 16.5. The van der Waals surface area contributed by atoms with Crippen LogP contribution in [0, 0.1) is 18.8 Å². The Bertz CT molecular complexity index is 738. The Labute approximate surface area is 163 Å². The van der Waals surface area contributed by atoms with Gasteiger partial charge in [-0.3, -0.25) is 4.79 Å². The van der Waals surface area contributed by atoms with Crippen molar-refractivity contribution < 1.29 is 17.9 Å². The number of amides is 1. The van der Waals surface area contributed by atoms with Gasteiger partial charge < -0.3 is 10.1 Å². The summed E-state index contributed by atoms with van der Waals surface area (Å²) in [6.07, 6.45) is 2.07. The number of rotatable bonds is 8. The van der Waals surface area contributed by atoms with E-state index in [4.69, 9.17) is 4.74 Å². The lowest BCUT2D eigenvalue weighted by atomic mass is 9.97. The van der Waals surface area contributed by atoms with E-state index in [1.807, 2.05) is 13.8 Å². The Hall–Kier alpha value is -1.60. The molecule has 0 saturated carbocycles. The van der Waals surface area contributed by atoms with E-state index in [0.29, 0.717) is 50.8 Å². The van der Waals surface area contributed by atoms with E-state index in [1.165, 1.54) is 4.31 Å². The molecule has 0 aliphatic carbocycles. The summed E-state index contributed by atoms with van der Waals surface area (Å²) in [6, 6.07) is 4.96. The third kappa shape index (κ3) is 5.69. The topological polar surface area (TPSA) is 75.7 Å². The number of carbonyl (C=O) groups excluding carboxylic acids is 1. The first-order valence-corrected chi connectivity index (χ1v) is 11.2. The van der Waals surface area contributed by atoms with Gasteiger partial charge >= 0.3 is 0 Å². The molecule has 0 unspecified atom stereocenters. The minimum Gasteiger partial charge on any atom is -0.494 e. The van der Waals surface area contributed by atoms with Crippen LogP contribution in [0.15, 0.2) is 23.1 Å². The molecule has 1 N–H and O–H groups in total. The van der Waals surface area contributed by atoms with Crippen LogP contribution < -0.4 is 10.1 Å². The molecule has 27 heavy (non-hydrogen) atoms. The second-order valence-electron chi connectivity index (χ2n) is 7.51. The van der Waals surface area contributed by atoms with E-state index in [-0.39, 0.29) is 16.7 Å². The third-order valence-corrected chi connectivity index (χ3v) is 6.82. The molecule has 1 aliphatic heterocycles. The maximum atomic E-state index is 12.9. The number of nitrogens with zero attached hydrogens (tertiary/aromatic N) is 1. The van der Waals surface area contributed by atoms with Crippen molar-refractivity contribution in [2.24, 2.45) is 11.8 Å². The molecule has 1 aromatic carbocycles. The average molecular weight is 397 g/mol. The Morgan fingerprint density at radius 2 is 1.96 bits per heavy atom. The van der Waals surface area contributed by atoms with Gasteiger partial charge in [-0.1, -0.05) is 13.8 Å². The number of carbonyl (C=O) groups is 1. The average Bonchev–Trinajstić information content (AvgIpc) is 2.63. The van der Waals surface area contributed by atoms with Crippen LogP contribution in [-0.2, 0) is 14.8 Å². The van der Waals surface area contributed by atoms with Crippen LogP contribution in [0.25, 0.3) is 0 Å². The van der Waals surface area contributed by atoms with Gasteiger partial charge in [-0.05, 0) is 62.8 Å². The highest BCUT2D eigenvalue weighted by Crippen LogP contribution is 2.27. The molecule has 0 aromatic heterocycles. The maximum absolute atomic E-state index is 12.9. The van der Waals surface area contributed by atoms with Crippen LogP contribution in [0.1, 0.15) is 45.6 Å². The van der Waals surface area contributed by atoms with Gasteiger partial charge in [-0.25, -0.2) is 8.42 Å². The quantitative estimate of drug-likeness (QED) is 0.733. The molecule has 1 fully saturated rings. The minimum atomic E-state index is -3.55. The highest BCUT2D eigenvalue weighted by molar-refractivity contribution is 7.89. The summed E-state index contributed by atoms with van der Waals surface area (Å²) in [5.41, 5.74) is 0.803. The van der Waals surface area contributed by atoms with Gasteiger partial charge in [0, 0.05) is 25.6 Å². The zero-order valence-corrected chi connectivity index (χ0v) is 17.6. The summed E-state index contributed by atoms with van der Waals surface area (Å²) in [4.78, 5) is 12.5. The number of hydrogen-bond acceptors (Lipinski definition) is 4.